The number of fused-ring (bicyclic) bond motifs is 12. The highest BCUT2D eigenvalue weighted by Crippen LogP contribution is 2.48. The lowest BCUT2D eigenvalue weighted by Crippen LogP contribution is -1.91. The van der Waals surface area contributed by atoms with E-state index in [1.165, 1.54) is 0 Å². The molecule has 0 N–H and O–H groups in total. The normalized spacial score (nSPS) is 20.2. The summed E-state index contributed by atoms with van der Waals surface area (Å²) in [4.78, 5) is 0. The van der Waals surface area contributed by atoms with Crippen molar-refractivity contribution in [2.75, 3.05) is 0 Å². The van der Waals surface area contributed by atoms with Gasteiger partial charge in [-0.3, -0.25) is 0 Å². The molecule has 2 heteroatoms. The summed E-state index contributed by atoms with van der Waals surface area (Å²) < 4.78 is 512. The fraction of sp³-hybridized carbons (Fsp3) is 0. The van der Waals surface area contributed by atoms with E-state index in [4.69, 9.17) is 54.1 Å². The zero-order chi connectivity index (χ0) is 109. The number of benzene rings is 17. The molecule has 0 saturated carbocycles. The fourth-order valence-electron chi connectivity index (χ4n) is 10.9. The Balaban J connectivity index is 0.000000195. The average molecular weight is 1230 g/mol. The minimum Gasteiger partial charge on any atom is -0.456 e. The SMILES string of the molecule is [2H]c1c([2H])c([2H])c(-c2c([2H])c([2H])c(-c3c4c([2H])c([2H])c([2H])c([2H])c4c(-c4c([2H])c([2H])c(-c5c([2H])c([2H])c([2H])c6oc7c([2H])c8c([2H])c([2H])c([2H])c([2H])c8c([2H])c7c56)c([2H])c4[2H])c4c([2H])c([2H])c([2H])c([2H])c34)c([2H])c2[2H])c([2H])c1[2H].[2H]c1c([2H])c([2H])c(-c2c3c([2H])c([2H])c([2H])c([2H])c3c(-c3c([2H])c([2H])c(-c4c([2H])c([2H])c([2H])c5oc6c([2H])c7c([2H])c([2H])c([2H])c([2H])c7c([2H])c6c45)c([2H])c3[2H])c3c([2H])c([2H])c([2H])c([2H])c23)c([2H])c1[2H]. The van der Waals surface area contributed by atoms with E-state index >= 15 is 0 Å². The molecule has 0 fully saturated rings. The van der Waals surface area contributed by atoms with Crippen molar-refractivity contribution in [2.45, 2.75) is 0 Å². The van der Waals surface area contributed by atoms with E-state index in [1.807, 2.05) is 0 Å². The summed E-state index contributed by atoms with van der Waals surface area (Å²) in [5, 5.41) is -9.75. The van der Waals surface area contributed by atoms with Crippen LogP contribution in [0.4, 0.5) is 0 Å². The van der Waals surface area contributed by atoms with Gasteiger partial charge in [-0.2, -0.15) is 0 Å². The minimum atomic E-state index is -1.13. The molecule has 0 atom stereocenters. The maximum atomic E-state index is 9.68. The molecule has 2 nitrogen and oxygen atoms in total. The maximum Gasteiger partial charge on any atom is 0.136 e. The Bertz CT molecular complexity index is 9340. The monoisotopic (exact) mass is 1220 g/mol. The summed E-state index contributed by atoms with van der Waals surface area (Å²) in [5.41, 5.74) is -13.2. The number of rotatable bonds is 7. The Hall–Kier alpha value is -12.1. The van der Waals surface area contributed by atoms with Crippen LogP contribution in [0.3, 0.4) is 0 Å². The highest BCUT2D eigenvalue weighted by Gasteiger charge is 2.21. The van der Waals surface area contributed by atoms with Gasteiger partial charge in [0.2, 0.25) is 0 Å². The van der Waals surface area contributed by atoms with Crippen molar-refractivity contribution in [2.24, 2.45) is 0 Å². The van der Waals surface area contributed by atoms with E-state index in [0.29, 0.717) is 0 Å². The lowest BCUT2D eigenvalue weighted by Gasteiger charge is -2.18. The number of hydrogen-bond acceptors (Lipinski definition) is 2. The van der Waals surface area contributed by atoms with E-state index in [-0.39, 0.29) is 0 Å². The Morgan fingerprint density at radius 2 is 0.424 bits per heavy atom. The Morgan fingerprint density at radius 1 is 0.174 bits per heavy atom. The molecule has 2 aromatic heterocycles. The molecule has 19 aromatic rings. The van der Waals surface area contributed by atoms with Gasteiger partial charge in [0, 0.05) is 21.5 Å². The van der Waals surface area contributed by atoms with Crippen molar-refractivity contribution >= 4 is 109 Å². The maximum absolute atomic E-state index is 9.68. The number of hydrogen-bond donors (Lipinski definition) is 0. The van der Waals surface area contributed by atoms with Gasteiger partial charge >= 0.3 is 0 Å². The van der Waals surface area contributed by atoms with Crippen LogP contribution in [0, 0.1) is 0 Å². The molecule has 92 heavy (non-hydrogen) atoms. The highest BCUT2D eigenvalue weighted by molar-refractivity contribution is 6.24. The van der Waals surface area contributed by atoms with E-state index in [2.05, 4.69) is 0 Å². The molecule has 0 unspecified atom stereocenters. The summed E-state index contributed by atoms with van der Waals surface area (Å²) in [6, 6.07) is -52.0. The summed E-state index contributed by atoms with van der Waals surface area (Å²) in [6.45, 7) is 0. The minimum absolute atomic E-state index is 0.440. The molecular weight excluding hydrogens is 1110 g/mol. The van der Waals surface area contributed by atoms with Crippen molar-refractivity contribution in [3.63, 3.8) is 0 Å². The third-order valence-corrected chi connectivity index (χ3v) is 14.8. The van der Waals surface area contributed by atoms with Crippen LogP contribution in [0.15, 0.2) is 347 Å². The van der Waals surface area contributed by atoms with Gasteiger partial charge < -0.3 is 8.83 Å². The largest absolute Gasteiger partial charge is 0.456 e. The lowest BCUT2D eigenvalue weighted by atomic mass is 9.85. The summed E-state index contributed by atoms with van der Waals surface area (Å²) >= 11 is 0. The topological polar surface area (TPSA) is 26.3 Å². The zero-order valence-electron chi connectivity index (χ0n) is 102. The fourth-order valence-corrected chi connectivity index (χ4v) is 10.9. The standard InChI is InChI=1S/C48H30O.C42H26O/c1-2-11-31(12-3-1)32-21-25-34(26-22-32)46-39-15-6-8-17-41(39)47(42-18-9-7-16-40(42)46)35-27-23-33(24-28-35)38-19-10-20-44-48(38)43-29-36-13-4-5-14-37(36)30-45(43)49-44;1-2-11-28(12-3-1)40-33-15-6-8-17-35(33)41(36-18-9-7-16-34(36)40)29-23-21-27(22-24-29)32-19-10-20-38-42(32)37-25-30-13-4-5-14-31(30)26-39(37)43-38/h1-30H;1-26H/i1D,2D,3D,4D,5D,6D,7D,8D,9D,10D,11D,12D,13D,14D,15D,16D,17D,18D,19D,20D,21D,22D,23D,24D,25D,26D,27D,28D,29D,30D;1D,2D,3D,4D,5D,6D,7D,8D,9D,10D,11D,12D,13D,14D,15D,16D,17D,18D,19D,20D,21D,22D,23D,24D,25D,26D. The summed E-state index contributed by atoms with van der Waals surface area (Å²) in [7, 11) is 0. The van der Waals surface area contributed by atoms with Crippen LogP contribution in [0.1, 0.15) is 76.8 Å². The van der Waals surface area contributed by atoms with E-state index in [1.54, 1.807) is 0 Å². The van der Waals surface area contributed by atoms with Crippen molar-refractivity contribution in [1.82, 2.24) is 0 Å². The first-order valence-electron chi connectivity index (χ1n) is 55.1. The smallest absolute Gasteiger partial charge is 0.136 e. The molecule has 428 valence electrons. The van der Waals surface area contributed by atoms with Crippen molar-refractivity contribution in [1.29, 1.82) is 0 Å². The Labute approximate surface area is 610 Å². The van der Waals surface area contributed by atoms with Crippen LogP contribution < -0.4 is 0 Å². The van der Waals surface area contributed by atoms with Gasteiger partial charge in [0.1, 0.15) is 22.3 Å². The van der Waals surface area contributed by atoms with Crippen LogP contribution in [0.25, 0.3) is 186 Å². The molecule has 19 rings (SSSR count). The van der Waals surface area contributed by atoms with Gasteiger partial charge in [0.25, 0.3) is 0 Å². The molecule has 0 spiro atoms. The molecule has 0 saturated heterocycles. The van der Waals surface area contributed by atoms with Crippen LogP contribution in [0.2, 0.25) is 0 Å². The van der Waals surface area contributed by atoms with Crippen LogP contribution >= 0.6 is 0 Å². The zero-order valence-corrected chi connectivity index (χ0v) is 45.8. The first kappa shape index (κ1) is 21.3. The van der Waals surface area contributed by atoms with Gasteiger partial charge in [-0.25, -0.2) is 0 Å². The van der Waals surface area contributed by atoms with E-state index in [0.717, 1.165) is 0 Å². The Kier molecular flexibility index (Phi) is 5.06. The summed E-state index contributed by atoms with van der Waals surface area (Å²) in [5.74, 6) is 0. The molecule has 0 radical (unpaired) electrons. The third kappa shape index (κ3) is 8.87. The molecular formula is C90H56O2. The number of furan rings is 2. The van der Waals surface area contributed by atoms with Crippen molar-refractivity contribution in [3.8, 4) is 77.9 Å². The third-order valence-electron chi connectivity index (χ3n) is 14.8. The van der Waals surface area contributed by atoms with Crippen LogP contribution in [0.5, 0.6) is 0 Å². The second-order valence-electron chi connectivity index (χ2n) is 19.8. The van der Waals surface area contributed by atoms with Crippen molar-refractivity contribution in [3.05, 3.63) is 338 Å². The van der Waals surface area contributed by atoms with E-state index < -0.39 is 525 Å². The van der Waals surface area contributed by atoms with Gasteiger partial charge in [-0.15, -0.1) is 0 Å². The van der Waals surface area contributed by atoms with Gasteiger partial charge in [-0.05, 0) is 179 Å². The predicted molar refractivity (Wildman–Crippen MR) is 391 cm³/mol. The quantitative estimate of drug-likeness (QED) is 0.149. The molecule has 0 bridgehead atoms. The van der Waals surface area contributed by atoms with Crippen LogP contribution in [-0.2, 0) is 0 Å². The molecule has 0 amide bonds. The first-order chi connectivity index (χ1) is 69.0. The Morgan fingerprint density at radius 3 is 0.761 bits per heavy atom. The van der Waals surface area contributed by atoms with Gasteiger partial charge in [-0.1, -0.05) is 302 Å². The molecule has 0 aliphatic carbocycles. The van der Waals surface area contributed by atoms with Crippen molar-refractivity contribution < 1.29 is 85.6 Å². The second-order valence-corrected chi connectivity index (χ2v) is 19.8. The van der Waals surface area contributed by atoms with Gasteiger partial charge in [0.15, 0.2) is 0 Å². The predicted octanol–water partition coefficient (Wildman–Crippen LogP) is 25.8. The van der Waals surface area contributed by atoms with Gasteiger partial charge in [0.05, 0.1) is 76.8 Å². The first-order valence-corrected chi connectivity index (χ1v) is 27.1. The second kappa shape index (κ2) is 21.9. The molecule has 2 heterocycles. The molecule has 0 aliphatic rings. The van der Waals surface area contributed by atoms with Crippen LogP contribution in [-0.4, -0.2) is 0 Å². The average Bonchev–Trinajstić information content (AvgIpc) is 0.776. The molecule has 0 aliphatic heterocycles. The van der Waals surface area contributed by atoms with E-state index in [9.17, 15) is 31.5 Å². The highest BCUT2D eigenvalue weighted by atomic mass is 16.3. The lowest BCUT2D eigenvalue weighted by molar-refractivity contribution is 0.669. The molecule has 17 aromatic carbocycles. The summed E-state index contributed by atoms with van der Waals surface area (Å²) in [6.07, 6.45) is 0.